The van der Waals surface area contributed by atoms with Crippen molar-refractivity contribution >= 4 is 0 Å². The van der Waals surface area contributed by atoms with Gasteiger partial charge in [-0.05, 0) is 26.8 Å². The van der Waals surface area contributed by atoms with E-state index in [-0.39, 0.29) is 11.6 Å². The maximum Gasteiger partial charge on any atom is 0.0648 e. The number of hydrogen-bond acceptors (Lipinski definition) is 4. The van der Waals surface area contributed by atoms with Gasteiger partial charge in [-0.25, -0.2) is 0 Å². The molecule has 0 saturated carbocycles. The molecule has 0 spiro atoms. The summed E-state index contributed by atoms with van der Waals surface area (Å²) in [4.78, 5) is 2.41. The zero-order valence-electron chi connectivity index (χ0n) is 11.6. The molecule has 102 valence electrons. The summed E-state index contributed by atoms with van der Waals surface area (Å²) in [6, 6.07) is 1.98. The van der Waals surface area contributed by atoms with Crippen LogP contribution in [-0.2, 0) is 11.3 Å². The highest BCUT2D eigenvalue weighted by atomic mass is 16.5. The Labute approximate surface area is 109 Å². The van der Waals surface area contributed by atoms with E-state index in [1.165, 1.54) is 0 Å². The van der Waals surface area contributed by atoms with Crippen molar-refractivity contribution in [2.24, 2.45) is 5.73 Å². The zero-order valence-corrected chi connectivity index (χ0v) is 11.6. The third-order valence-corrected chi connectivity index (χ3v) is 3.95. The lowest BCUT2D eigenvalue weighted by Crippen LogP contribution is -2.55. The van der Waals surface area contributed by atoms with E-state index in [0.29, 0.717) is 0 Å². The Morgan fingerprint density at radius 2 is 2.11 bits per heavy atom. The highest BCUT2D eigenvalue weighted by Gasteiger charge is 2.36. The molecule has 2 heterocycles. The third-order valence-electron chi connectivity index (χ3n) is 3.95. The molecule has 1 aromatic heterocycles. The van der Waals surface area contributed by atoms with Gasteiger partial charge in [0.05, 0.1) is 24.9 Å². The van der Waals surface area contributed by atoms with Crippen molar-refractivity contribution in [3.8, 4) is 0 Å². The summed E-state index contributed by atoms with van der Waals surface area (Å²) in [5.41, 5.74) is 7.50. The Morgan fingerprint density at radius 1 is 1.44 bits per heavy atom. The Morgan fingerprint density at radius 3 is 2.72 bits per heavy atom. The van der Waals surface area contributed by atoms with Gasteiger partial charge in [-0.15, -0.1) is 0 Å². The van der Waals surface area contributed by atoms with Gasteiger partial charge in [-0.1, -0.05) is 0 Å². The van der Waals surface area contributed by atoms with E-state index in [1.54, 1.807) is 0 Å². The molecule has 0 aliphatic carbocycles. The van der Waals surface area contributed by atoms with Crippen molar-refractivity contribution in [1.29, 1.82) is 0 Å². The molecule has 0 aromatic carbocycles. The van der Waals surface area contributed by atoms with E-state index in [1.807, 2.05) is 16.9 Å². The molecular formula is C13H24N4O. The van der Waals surface area contributed by atoms with E-state index in [4.69, 9.17) is 10.5 Å². The Bertz CT molecular complexity index is 382. The lowest BCUT2D eigenvalue weighted by atomic mass is 9.90. The van der Waals surface area contributed by atoms with Crippen LogP contribution >= 0.6 is 0 Å². The highest BCUT2D eigenvalue weighted by molar-refractivity contribution is 5.13. The summed E-state index contributed by atoms with van der Waals surface area (Å²) in [7, 11) is 0. The predicted molar refractivity (Wildman–Crippen MR) is 71.3 cm³/mol. The third kappa shape index (κ3) is 2.43. The van der Waals surface area contributed by atoms with Gasteiger partial charge in [0.25, 0.3) is 0 Å². The average molecular weight is 252 g/mol. The Balaban J connectivity index is 2.17. The molecule has 0 radical (unpaired) electrons. The molecule has 1 atom stereocenters. The van der Waals surface area contributed by atoms with Gasteiger partial charge in [0.15, 0.2) is 0 Å². The molecule has 2 rings (SSSR count). The molecule has 1 aliphatic rings. The second kappa shape index (κ2) is 5.38. The van der Waals surface area contributed by atoms with Crippen LogP contribution in [0.1, 0.15) is 32.5 Å². The highest BCUT2D eigenvalue weighted by Crippen LogP contribution is 2.29. The molecule has 0 bridgehead atoms. The molecule has 5 heteroatoms. The van der Waals surface area contributed by atoms with Crippen molar-refractivity contribution in [3.05, 3.63) is 18.0 Å². The fourth-order valence-electron chi connectivity index (χ4n) is 2.57. The maximum atomic E-state index is 6.48. The van der Waals surface area contributed by atoms with Crippen LogP contribution in [-0.4, -0.2) is 46.5 Å². The van der Waals surface area contributed by atoms with E-state index >= 15 is 0 Å². The smallest absolute Gasteiger partial charge is 0.0648 e. The number of hydrogen-bond donors (Lipinski definition) is 1. The van der Waals surface area contributed by atoms with E-state index in [0.717, 1.165) is 38.5 Å². The SMILES string of the molecule is CCn1nccc1C(N)C(C)(C)N1CCOCC1. The first kappa shape index (κ1) is 13.5. The van der Waals surface area contributed by atoms with Crippen LogP contribution in [0, 0.1) is 0 Å². The first-order valence-electron chi connectivity index (χ1n) is 6.67. The summed E-state index contributed by atoms with van der Waals surface area (Å²) >= 11 is 0. The summed E-state index contributed by atoms with van der Waals surface area (Å²) in [6.45, 7) is 10.8. The van der Waals surface area contributed by atoms with Crippen LogP contribution in [0.4, 0.5) is 0 Å². The van der Waals surface area contributed by atoms with Crippen LogP contribution in [0.2, 0.25) is 0 Å². The van der Waals surface area contributed by atoms with Crippen molar-refractivity contribution in [3.63, 3.8) is 0 Å². The molecule has 2 N–H and O–H groups in total. The topological polar surface area (TPSA) is 56.3 Å². The predicted octanol–water partition coefficient (Wildman–Crippen LogP) is 1.01. The molecule has 5 nitrogen and oxygen atoms in total. The van der Waals surface area contributed by atoms with Gasteiger partial charge in [-0.2, -0.15) is 5.10 Å². The number of nitrogens with two attached hydrogens (primary N) is 1. The van der Waals surface area contributed by atoms with Crippen LogP contribution in [0.25, 0.3) is 0 Å². The standard InChI is InChI=1S/C13H24N4O/c1-4-17-11(5-6-15-17)12(14)13(2,3)16-7-9-18-10-8-16/h5-6,12H,4,7-10,14H2,1-3H3. The summed E-state index contributed by atoms with van der Waals surface area (Å²) in [6.07, 6.45) is 1.83. The number of nitrogens with zero attached hydrogens (tertiary/aromatic N) is 3. The number of ether oxygens (including phenoxy) is 1. The van der Waals surface area contributed by atoms with E-state index in [2.05, 4.69) is 30.8 Å². The quantitative estimate of drug-likeness (QED) is 0.869. The summed E-state index contributed by atoms with van der Waals surface area (Å²) in [5, 5.41) is 4.31. The van der Waals surface area contributed by atoms with Crippen LogP contribution in [0.3, 0.4) is 0 Å². The number of aryl methyl sites for hydroxylation is 1. The van der Waals surface area contributed by atoms with Gasteiger partial charge in [0.1, 0.15) is 0 Å². The summed E-state index contributed by atoms with van der Waals surface area (Å²) in [5.74, 6) is 0. The maximum absolute atomic E-state index is 6.48. The molecule has 1 aromatic rings. The van der Waals surface area contributed by atoms with E-state index in [9.17, 15) is 0 Å². The van der Waals surface area contributed by atoms with Gasteiger partial charge >= 0.3 is 0 Å². The molecular weight excluding hydrogens is 228 g/mol. The normalized spacial score (nSPS) is 20.0. The molecule has 1 fully saturated rings. The van der Waals surface area contributed by atoms with Gasteiger partial charge in [-0.3, -0.25) is 9.58 Å². The van der Waals surface area contributed by atoms with Gasteiger partial charge in [0.2, 0.25) is 0 Å². The zero-order chi connectivity index (χ0) is 13.2. The Kier molecular flexibility index (Phi) is 4.04. The Hall–Kier alpha value is -0.910. The van der Waals surface area contributed by atoms with Crippen molar-refractivity contribution in [2.45, 2.75) is 38.9 Å². The number of aromatic nitrogens is 2. The molecule has 18 heavy (non-hydrogen) atoms. The minimum absolute atomic E-state index is 0.0435. The molecule has 1 aliphatic heterocycles. The minimum Gasteiger partial charge on any atom is -0.379 e. The average Bonchev–Trinajstić information content (AvgIpc) is 2.87. The lowest BCUT2D eigenvalue weighted by Gasteiger charge is -2.44. The second-order valence-corrected chi connectivity index (χ2v) is 5.30. The number of morpholine rings is 1. The first-order chi connectivity index (χ1) is 8.57. The monoisotopic (exact) mass is 252 g/mol. The largest absolute Gasteiger partial charge is 0.379 e. The lowest BCUT2D eigenvalue weighted by molar-refractivity contribution is -0.0199. The van der Waals surface area contributed by atoms with Crippen LogP contribution in [0.15, 0.2) is 12.3 Å². The van der Waals surface area contributed by atoms with Crippen LogP contribution < -0.4 is 5.73 Å². The van der Waals surface area contributed by atoms with Crippen molar-refractivity contribution < 1.29 is 4.74 Å². The molecule has 1 saturated heterocycles. The van der Waals surface area contributed by atoms with Crippen molar-refractivity contribution in [2.75, 3.05) is 26.3 Å². The van der Waals surface area contributed by atoms with Gasteiger partial charge < -0.3 is 10.5 Å². The molecule has 1 unspecified atom stereocenters. The number of rotatable bonds is 4. The summed E-state index contributed by atoms with van der Waals surface area (Å²) < 4.78 is 7.39. The minimum atomic E-state index is -0.0866. The van der Waals surface area contributed by atoms with Crippen LogP contribution in [0.5, 0.6) is 0 Å². The first-order valence-corrected chi connectivity index (χ1v) is 6.67. The fourth-order valence-corrected chi connectivity index (χ4v) is 2.57. The van der Waals surface area contributed by atoms with Gasteiger partial charge in [0, 0.05) is 31.4 Å². The van der Waals surface area contributed by atoms with Crippen molar-refractivity contribution in [1.82, 2.24) is 14.7 Å². The second-order valence-electron chi connectivity index (χ2n) is 5.30. The van der Waals surface area contributed by atoms with E-state index < -0.39 is 0 Å². The fraction of sp³-hybridized carbons (Fsp3) is 0.769. The molecule has 0 amide bonds.